The minimum absolute atomic E-state index is 0.0246. The number of aliphatic carboxylic acids is 1. The van der Waals surface area contributed by atoms with Gasteiger partial charge in [0.25, 0.3) is 5.56 Å². The Morgan fingerprint density at radius 3 is 2.50 bits per heavy atom. The highest BCUT2D eigenvalue weighted by Crippen LogP contribution is 1.99. The van der Waals surface area contributed by atoms with Crippen molar-refractivity contribution >= 4 is 11.9 Å². The molecule has 8 nitrogen and oxygen atoms in total. The van der Waals surface area contributed by atoms with E-state index in [1.807, 2.05) is 0 Å². The summed E-state index contributed by atoms with van der Waals surface area (Å²) in [6.45, 7) is 1.10. The van der Waals surface area contributed by atoms with Gasteiger partial charge in [-0.05, 0) is 13.3 Å². The van der Waals surface area contributed by atoms with E-state index in [4.69, 9.17) is 5.11 Å². The lowest BCUT2D eigenvalue weighted by molar-refractivity contribution is -0.137. The first kappa shape index (κ1) is 13.7. The van der Waals surface area contributed by atoms with Crippen molar-refractivity contribution in [3.8, 4) is 0 Å². The number of rotatable bonds is 5. The van der Waals surface area contributed by atoms with Crippen LogP contribution < -0.4 is 16.6 Å². The van der Waals surface area contributed by atoms with Gasteiger partial charge in [-0.15, -0.1) is 0 Å². The summed E-state index contributed by atoms with van der Waals surface area (Å²) in [5.41, 5.74) is -0.436. The molecular weight excluding hydrogens is 242 g/mol. The summed E-state index contributed by atoms with van der Waals surface area (Å²) in [5, 5.41) is 10.5. The van der Waals surface area contributed by atoms with Crippen LogP contribution in [0.3, 0.4) is 0 Å². The zero-order chi connectivity index (χ0) is 13.7. The first-order chi connectivity index (χ1) is 8.40. The average Bonchev–Trinajstić information content (AvgIpc) is 2.24. The number of aromatic amines is 2. The minimum Gasteiger partial charge on any atom is -0.480 e. The Kier molecular flexibility index (Phi) is 4.41. The maximum absolute atomic E-state index is 11.4. The van der Waals surface area contributed by atoms with Crippen molar-refractivity contribution < 1.29 is 14.7 Å². The molecule has 0 aliphatic heterocycles. The normalized spacial score (nSPS) is 10.1. The number of H-pyrrole nitrogens is 2. The van der Waals surface area contributed by atoms with Crippen LogP contribution in [0.15, 0.2) is 9.59 Å². The minimum atomic E-state index is -1.14. The third-order valence-corrected chi connectivity index (χ3v) is 2.29. The van der Waals surface area contributed by atoms with Crippen LogP contribution in [-0.2, 0) is 16.0 Å². The monoisotopic (exact) mass is 255 g/mol. The molecule has 0 saturated carbocycles. The number of carbonyl (C=O) groups is 2. The van der Waals surface area contributed by atoms with Gasteiger partial charge >= 0.3 is 11.7 Å². The van der Waals surface area contributed by atoms with Gasteiger partial charge in [0, 0.05) is 17.7 Å². The molecule has 8 heteroatoms. The predicted octanol–water partition coefficient (Wildman–Crippen LogP) is -1.49. The molecule has 0 aliphatic carbocycles. The van der Waals surface area contributed by atoms with Gasteiger partial charge in [-0.2, -0.15) is 0 Å². The second-order valence-corrected chi connectivity index (χ2v) is 3.68. The average molecular weight is 255 g/mol. The molecule has 0 spiro atoms. The summed E-state index contributed by atoms with van der Waals surface area (Å²) < 4.78 is 0. The van der Waals surface area contributed by atoms with Crippen LogP contribution in [0.4, 0.5) is 0 Å². The fraction of sp³-hybridized carbons (Fsp3) is 0.400. The highest BCUT2D eigenvalue weighted by atomic mass is 16.4. The molecule has 0 fully saturated rings. The van der Waals surface area contributed by atoms with E-state index in [1.165, 1.54) is 0 Å². The molecule has 0 saturated heterocycles. The molecule has 0 atom stereocenters. The van der Waals surface area contributed by atoms with Crippen LogP contribution >= 0.6 is 0 Å². The van der Waals surface area contributed by atoms with Crippen LogP contribution in [0.25, 0.3) is 0 Å². The van der Waals surface area contributed by atoms with E-state index in [-0.39, 0.29) is 12.8 Å². The second-order valence-electron chi connectivity index (χ2n) is 3.68. The SMILES string of the molecule is Cc1[nH]c(=O)[nH]c(=O)c1CCC(=O)NCC(=O)O. The van der Waals surface area contributed by atoms with Crippen LogP contribution in [0.1, 0.15) is 17.7 Å². The third kappa shape index (κ3) is 3.89. The Labute approximate surface area is 101 Å². The highest BCUT2D eigenvalue weighted by Gasteiger charge is 2.09. The van der Waals surface area contributed by atoms with Crippen molar-refractivity contribution in [3.05, 3.63) is 32.1 Å². The molecule has 0 radical (unpaired) electrons. The van der Waals surface area contributed by atoms with Crippen LogP contribution in [0, 0.1) is 6.92 Å². The summed E-state index contributed by atoms with van der Waals surface area (Å²) in [7, 11) is 0. The molecule has 18 heavy (non-hydrogen) atoms. The molecule has 1 amide bonds. The van der Waals surface area contributed by atoms with Crippen molar-refractivity contribution in [1.82, 2.24) is 15.3 Å². The Bertz CT molecular complexity index is 572. The first-order valence-corrected chi connectivity index (χ1v) is 5.20. The van der Waals surface area contributed by atoms with Gasteiger partial charge in [-0.1, -0.05) is 0 Å². The number of hydrogen-bond donors (Lipinski definition) is 4. The zero-order valence-corrected chi connectivity index (χ0v) is 9.70. The van der Waals surface area contributed by atoms with E-state index in [2.05, 4.69) is 15.3 Å². The molecule has 4 N–H and O–H groups in total. The molecule has 0 bridgehead atoms. The summed E-state index contributed by atoms with van der Waals surface area (Å²) in [6.07, 6.45) is 0.104. The molecule has 0 aromatic carbocycles. The van der Waals surface area contributed by atoms with Crippen molar-refractivity contribution in [2.75, 3.05) is 6.54 Å². The molecule has 1 aromatic heterocycles. The van der Waals surface area contributed by atoms with Gasteiger partial charge in [0.15, 0.2) is 0 Å². The van der Waals surface area contributed by atoms with E-state index in [9.17, 15) is 19.2 Å². The Balaban J connectivity index is 2.64. The van der Waals surface area contributed by atoms with E-state index in [1.54, 1.807) is 6.92 Å². The maximum Gasteiger partial charge on any atom is 0.325 e. The largest absolute Gasteiger partial charge is 0.480 e. The number of aromatic nitrogens is 2. The number of carboxylic acid groups (broad SMARTS) is 1. The number of nitrogens with one attached hydrogen (secondary N) is 3. The number of carbonyl (C=O) groups excluding carboxylic acids is 1. The molecular formula is C10H13N3O5. The lowest BCUT2D eigenvalue weighted by Crippen LogP contribution is -2.31. The molecule has 1 aromatic rings. The summed E-state index contributed by atoms with van der Waals surface area (Å²) >= 11 is 0. The number of carboxylic acids is 1. The highest BCUT2D eigenvalue weighted by molar-refractivity contribution is 5.81. The van der Waals surface area contributed by atoms with Gasteiger partial charge < -0.3 is 15.4 Å². The molecule has 0 aliphatic rings. The topological polar surface area (TPSA) is 132 Å². The van der Waals surface area contributed by atoms with Crippen LogP contribution in [-0.4, -0.2) is 33.5 Å². The molecule has 1 heterocycles. The van der Waals surface area contributed by atoms with Crippen molar-refractivity contribution in [1.29, 1.82) is 0 Å². The van der Waals surface area contributed by atoms with Gasteiger partial charge in [-0.25, -0.2) is 4.79 Å². The summed E-state index contributed by atoms with van der Waals surface area (Å²) in [4.78, 5) is 48.3. The Morgan fingerprint density at radius 1 is 1.28 bits per heavy atom. The van der Waals surface area contributed by atoms with E-state index >= 15 is 0 Å². The lowest BCUT2D eigenvalue weighted by Gasteiger charge is -2.04. The maximum atomic E-state index is 11.4. The quantitative estimate of drug-likeness (QED) is 0.508. The second kappa shape index (κ2) is 5.80. The van der Waals surface area contributed by atoms with Gasteiger partial charge in [0.1, 0.15) is 6.54 Å². The Hall–Kier alpha value is -2.38. The standard InChI is InChI=1S/C10H13N3O5/c1-5-6(9(17)13-10(18)12-5)2-3-7(14)11-4-8(15)16/h2-4H2,1H3,(H,11,14)(H,15,16)(H2,12,13,17,18). The Morgan fingerprint density at radius 2 is 1.94 bits per heavy atom. The summed E-state index contributed by atoms with van der Waals surface area (Å²) in [5.74, 6) is -1.61. The summed E-state index contributed by atoms with van der Waals surface area (Å²) in [6, 6.07) is 0. The first-order valence-electron chi connectivity index (χ1n) is 5.20. The van der Waals surface area contributed by atoms with Crippen molar-refractivity contribution in [2.24, 2.45) is 0 Å². The lowest BCUT2D eigenvalue weighted by atomic mass is 10.1. The molecule has 1 rings (SSSR count). The molecule has 98 valence electrons. The van der Waals surface area contributed by atoms with Crippen LogP contribution in [0.5, 0.6) is 0 Å². The number of aryl methyl sites for hydroxylation is 1. The van der Waals surface area contributed by atoms with Crippen molar-refractivity contribution in [2.45, 2.75) is 19.8 Å². The van der Waals surface area contributed by atoms with Gasteiger partial charge in [0.05, 0.1) is 0 Å². The molecule has 0 unspecified atom stereocenters. The van der Waals surface area contributed by atoms with Crippen LogP contribution in [0.2, 0.25) is 0 Å². The van der Waals surface area contributed by atoms with E-state index in [0.717, 1.165) is 0 Å². The number of hydrogen-bond acceptors (Lipinski definition) is 4. The smallest absolute Gasteiger partial charge is 0.325 e. The third-order valence-electron chi connectivity index (χ3n) is 2.29. The predicted molar refractivity (Wildman–Crippen MR) is 61.4 cm³/mol. The fourth-order valence-electron chi connectivity index (χ4n) is 1.43. The van der Waals surface area contributed by atoms with Crippen molar-refractivity contribution in [3.63, 3.8) is 0 Å². The van der Waals surface area contributed by atoms with Gasteiger partial charge in [-0.3, -0.25) is 19.4 Å². The van der Waals surface area contributed by atoms with E-state index < -0.39 is 29.7 Å². The number of amides is 1. The van der Waals surface area contributed by atoms with Gasteiger partial charge in [0.2, 0.25) is 5.91 Å². The zero-order valence-electron chi connectivity index (χ0n) is 9.70. The van der Waals surface area contributed by atoms with E-state index in [0.29, 0.717) is 11.3 Å². The fourth-order valence-corrected chi connectivity index (χ4v) is 1.43.